The third-order valence-electron chi connectivity index (χ3n) is 3.48. The summed E-state index contributed by atoms with van der Waals surface area (Å²) in [5, 5.41) is 6.41. The van der Waals surface area contributed by atoms with Crippen molar-refractivity contribution in [2.24, 2.45) is 7.05 Å². The minimum Gasteiger partial charge on any atom is -0.359 e. The number of benzene rings is 1. The molecule has 2 N–H and O–H groups in total. The average molecular weight is 331 g/mol. The minimum atomic E-state index is -3.11. The molecule has 3 aromatic rings. The number of aromatic nitrogens is 4. The molecule has 0 saturated carbocycles. The quantitative estimate of drug-likeness (QED) is 0.753. The van der Waals surface area contributed by atoms with Gasteiger partial charge in [-0.1, -0.05) is 30.3 Å². The first-order chi connectivity index (χ1) is 11.5. The first-order valence-corrected chi connectivity index (χ1v) is 7.21. The predicted molar refractivity (Wildman–Crippen MR) is 85.9 cm³/mol. The molecule has 24 heavy (non-hydrogen) atoms. The molecular formula is C16H15F2N5O. The molecule has 0 spiro atoms. The lowest BCUT2D eigenvalue weighted by atomic mass is 10.1. The second kappa shape index (κ2) is 6.23. The van der Waals surface area contributed by atoms with Crippen molar-refractivity contribution in [1.29, 1.82) is 0 Å². The Bertz CT molecular complexity index is 889. The van der Waals surface area contributed by atoms with Crippen molar-refractivity contribution < 1.29 is 8.78 Å². The molecule has 0 unspecified atom stereocenters. The molecule has 0 fully saturated rings. The van der Waals surface area contributed by atoms with Crippen LogP contribution in [0.4, 0.5) is 14.6 Å². The summed E-state index contributed by atoms with van der Waals surface area (Å²) in [6, 6.07) is 7.42. The predicted octanol–water partition coefficient (Wildman–Crippen LogP) is 2.37. The van der Waals surface area contributed by atoms with Gasteiger partial charge in [-0.2, -0.15) is 13.9 Å². The zero-order chi connectivity index (χ0) is 17.2. The van der Waals surface area contributed by atoms with Crippen molar-refractivity contribution in [2.75, 3.05) is 11.9 Å². The second-order valence-corrected chi connectivity index (χ2v) is 5.30. The molecule has 0 saturated heterocycles. The number of aryl methyl sites for hydroxylation is 1. The molecule has 6 nitrogen and oxygen atoms in total. The Labute approximate surface area is 136 Å². The molecule has 0 aliphatic rings. The first kappa shape index (κ1) is 15.9. The van der Waals surface area contributed by atoms with E-state index in [4.69, 9.17) is 0 Å². The smallest absolute Gasteiger partial charge is 0.291 e. The summed E-state index contributed by atoms with van der Waals surface area (Å²) >= 11 is 0. The Kier molecular flexibility index (Phi) is 4.11. The van der Waals surface area contributed by atoms with Gasteiger partial charge in [0.05, 0.1) is 24.6 Å². The van der Waals surface area contributed by atoms with E-state index >= 15 is 0 Å². The molecule has 0 atom stereocenters. The van der Waals surface area contributed by atoms with Crippen molar-refractivity contribution in [2.45, 2.75) is 5.92 Å². The van der Waals surface area contributed by atoms with Crippen LogP contribution in [0.5, 0.6) is 0 Å². The summed E-state index contributed by atoms with van der Waals surface area (Å²) in [5.74, 6) is -3.27. The van der Waals surface area contributed by atoms with Gasteiger partial charge in [0.2, 0.25) is 0 Å². The summed E-state index contributed by atoms with van der Waals surface area (Å²) in [4.78, 5) is 18.6. The second-order valence-electron chi connectivity index (χ2n) is 5.30. The molecule has 8 heteroatoms. The van der Waals surface area contributed by atoms with Gasteiger partial charge in [0.15, 0.2) is 5.82 Å². The van der Waals surface area contributed by atoms with Crippen LogP contribution in [-0.2, 0) is 13.0 Å². The first-order valence-electron chi connectivity index (χ1n) is 7.21. The molecule has 3 rings (SSSR count). The van der Waals surface area contributed by atoms with Crippen molar-refractivity contribution in [3.05, 3.63) is 64.8 Å². The maximum atomic E-state index is 14.1. The van der Waals surface area contributed by atoms with E-state index < -0.39 is 18.0 Å². The molecular weight excluding hydrogens is 316 g/mol. The standard InChI is InChI=1S/C16H15F2N5O/c1-23-9-11(7-21-23)13-8-19-14(15(24)22-13)20-10-16(17,18)12-5-3-2-4-6-12/h2-9H,10H2,1H3,(H,19,20)(H,22,24). The highest BCUT2D eigenvalue weighted by Gasteiger charge is 2.31. The molecule has 0 amide bonds. The zero-order valence-corrected chi connectivity index (χ0v) is 12.8. The topological polar surface area (TPSA) is 75.6 Å². The van der Waals surface area contributed by atoms with E-state index in [0.717, 1.165) is 0 Å². The molecule has 0 radical (unpaired) electrons. The third kappa shape index (κ3) is 3.32. The molecule has 124 valence electrons. The van der Waals surface area contributed by atoms with Crippen LogP contribution < -0.4 is 10.9 Å². The van der Waals surface area contributed by atoms with Crippen molar-refractivity contribution in [1.82, 2.24) is 19.7 Å². The number of nitrogens with zero attached hydrogens (tertiary/aromatic N) is 3. The Morgan fingerprint density at radius 3 is 2.62 bits per heavy atom. The molecule has 0 aliphatic heterocycles. The van der Waals surface area contributed by atoms with Crippen LogP contribution in [0.15, 0.2) is 53.7 Å². The third-order valence-corrected chi connectivity index (χ3v) is 3.48. The lowest BCUT2D eigenvalue weighted by Gasteiger charge is -2.17. The van der Waals surface area contributed by atoms with E-state index in [0.29, 0.717) is 11.3 Å². The summed E-state index contributed by atoms with van der Waals surface area (Å²) in [6.07, 6.45) is 4.69. The summed E-state index contributed by atoms with van der Waals surface area (Å²) in [7, 11) is 1.75. The maximum Gasteiger partial charge on any atom is 0.291 e. The monoisotopic (exact) mass is 331 g/mol. The lowest BCUT2D eigenvalue weighted by molar-refractivity contribution is 0.0105. The van der Waals surface area contributed by atoms with Crippen LogP contribution in [0, 0.1) is 0 Å². The molecule has 2 heterocycles. The Balaban J connectivity index is 1.75. The highest BCUT2D eigenvalue weighted by molar-refractivity contribution is 5.56. The number of nitrogens with one attached hydrogen (secondary N) is 2. The van der Waals surface area contributed by atoms with Crippen LogP contribution in [-0.4, -0.2) is 26.3 Å². The van der Waals surface area contributed by atoms with E-state index in [1.807, 2.05) is 0 Å². The number of anilines is 1. The van der Waals surface area contributed by atoms with Gasteiger partial charge in [0.25, 0.3) is 11.5 Å². The number of rotatable bonds is 5. The van der Waals surface area contributed by atoms with Gasteiger partial charge in [-0.25, -0.2) is 4.98 Å². The Morgan fingerprint density at radius 1 is 1.25 bits per heavy atom. The summed E-state index contributed by atoms with van der Waals surface area (Å²) in [6.45, 7) is -0.723. The number of aromatic amines is 1. The molecule has 1 aromatic carbocycles. The average Bonchev–Trinajstić information content (AvgIpc) is 3.01. The van der Waals surface area contributed by atoms with E-state index in [1.165, 1.54) is 30.5 Å². The van der Waals surface area contributed by atoms with Crippen molar-refractivity contribution >= 4 is 5.82 Å². The van der Waals surface area contributed by atoms with Crippen LogP contribution in [0.3, 0.4) is 0 Å². The SMILES string of the molecule is Cn1cc(-c2cnc(NCC(F)(F)c3ccccc3)c(=O)[nH]2)cn1. The Hall–Kier alpha value is -3.03. The van der Waals surface area contributed by atoms with E-state index in [1.54, 1.807) is 30.2 Å². The van der Waals surface area contributed by atoms with Gasteiger partial charge in [-0.3, -0.25) is 9.48 Å². The largest absolute Gasteiger partial charge is 0.359 e. The van der Waals surface area contributed by atoms with E-state index in [-0.39, 0.29) is 11.4 Å². The van der Waals surface area contributed by atoms with Gasteiger partial charge in [-0.05, 0) is 0 Å². The highest BCUT2D eigenvalue weighted by Crippen LogP contribution is 2.27. The Morgan fingerprint density at radius 2 is 2.00 bits per heavy atom. The summed E-state index contributed by atoms with van der Waals surface area (Å²) < 4.78 is 29.8. The number of hydrogen-bond acceptors (Lipinski definition) is 4. The van der Waals surface area contributed by atoms with Crippen LogP contribution in [0.2, 0.25) is 0 Å². The van der Waals surface area contributed by atoms with Gasteiger partial charge < -0.3 is 10.3 Å². The maximum absolute atomic E-state index is 14.1. The van der Waals surface area contributed by atoms with Crippen LogP contribution >= 0.6 is 0 Å². The summed E-state index contributed by atoms with van der Waals surface area (Å²) in [5.41, 5.74) is 0.456. The van der Waals surface area contributed by atoms with Crippen molar-refractivity contribution in [3.8, 4) is 11.3 Å². The van der Waals surface area contributed by atoms with Crippen LogP contribution in [0.25, 0.3) is 11.3 Å². The molecule has 0 bridgehead atoms. The fourth-order valence-electron chi connectivity index (χ4n) is 2.21. The molecule has 2 aromatic heterocycles. The van der Waals surface area contributed by atoms with Gasteiger partial charge in [0, 0.05) is 24.4 Å². The normalized spacial score (nSPS) is 11.5. The highest BCUT2D eigenvalue weighted by atomic mass is 19.3. The number of alkyl halides is 2. The van der Waals surface area contributed by atoms with Gasteiger partial charge in [0.1, 0.15) is 0 Å². The minimum absolute atomic E-state index is 0.124. The number of halogens is 2. The van der Waals surface area contributed by atoms with Crippen molar-refractivity contribution in [3.63, 3.8) is 0 Å². The number of H-pyrrole nitrogens is 1. The fourth-order valence-corrected chi connectivity index (χ4v) is 2.21. The van der Waals surface area contributed by atoms with Crippen LogP contribution in [0.1, 0.15) is 5.56 Å². The van der Waals surface area contributed by atoms with Gasteiger partial charge in [-0.15, -0.1) is 0 Å². The lowest BCUT2D eigenvalue weighted by Crippen LogP contribution is -2.28. The van der Waals surface area contributed by atoms with E-state index in [2.05, 4.69) is 20.4 Å². The molecule has 0 aliphatic carbocycles. The number of hydrogen-bond donors (Lipinski definition) is 2. The van der Waals surface area contributed by atoms with Gasteiger partial charge >= 0.3 is 0 Å². The fraction of sp³-hybridized carbons (Fsp3) is 0.188. The zero-order valence-electron chi connectivity index (χ0n) is 12.8. The van der Waals surface area contributed by atoms with E-state index in [9.17, 15) is 13.6 Å².